The number of ether oxygens (including phenoxy) is 1. The zero-order valence-electron chi connectivity index (χ0n) is 13.7. The Kier molecular flexibility index (Phi) is 5.81. The van der Waals surface area contributed by atoms with Crippen molar-refractivity contribution in [3.05, 3.63) is 57.6 Å². The Labute approximate surface area is 144 Å². The van der Waals surface area contributed by atoms with Gasteiger partial charge in [0, 0.05) is 17.0 Å². The minimum atomic E-state index is -0.514. The van der Waals surface area contributed by atoms with E-state index in [9.17, 15) is 14.9 Å². The van der Waals surface area contributed by atoms with Crippen molar-refractivity contribution in [3.8, 4) is 5.75 Å². The number of methoxy groups -OCH3 is 1. The molecule has 2 aromatic rings. The molecule has 0 aliphatic carbocycles. The van der Waals surface area contributed by atoms with E-state index in [1.54, 1.807) is 0 Å². The minimum Gasteiger partial charge on any atom is -0.495 e. The number of amides is 1. The van der Waals surface area contributed by atoms with E-state index in [1.807, 2.05) is 32.0 Å². The number of carbonyl (C=O) groups is 1. The van der Waals surface area contributed by atoms with Gasteiger partial charge in [-0.15, -0.1) is 11.8 Å². The zero-order chi connectivity index (χ0) is 17.7. The van der Waals surface area contributed by atoms with E-state index < -0.39 is 4.92 Å². The largest absolute Gasteiger partial charge is 0.495 e. The molecule has 0 aliphatic rings. The summed E-state index contributed by atoms with van der Waals surface area (Å²) in [5.74, 6) is 0.334. The number of nitrogens with one attached hydrogen (secondary N) is 1. The van der Waals surface area contributed by atoms with Crippen LogP contribution >= 0.6 is 11.8 Å². The van der Waals surface area contributed by atoms with Gasteiger partial charge in [-0.25, -0.2) is 0 Å². The van der Waals surface area contributed by atoms with Crippen molar-refractivity contribution in [2.45, 2.75) is 18.7 Å². The Balaban J connectivity index is 2.08. The normalized spacial score (nSPS) is 10.3. The summed E-state index contributed by atoms with van der Waals surface area (Å²) in [6.45, 7) is 3.99. The first-order valence-corrected chi connectivity index (χ1v) is 8.21. The van der Waals surface area contributed by atoms with Gasteiger partial charge in [-0.3, -0.25) is 14.9 Å². The number of nitro groups is 1. The van der Waals surface area contributed by atoms with E-state index >= 15 is 0 Å². The average Bonchev–Trinajstić information content (AvgIpc) is 2.55. The molecule has 0 bridgehead atoms. The van der Waals surface area contributed by atoms with Crippen LogP contribution in [-0.2, 0) is 4.79 Å². The molecule has 0 atom stereocenters. The Morgan fingerprint density at radius 3 is 2.67 bits per heavy atom. The first kappa shape index (κ1) is 17.8. The lowest BCUT2D eigenvalue weighted by Crippen LogP contribution is -2.15. The first-order valence-electron chi connectivity index (χ1n) is 7.23. The highest BCUT2D eigenvalue weighted by Crippen LogP contribution is 2.29. The highest BCUT2D eigenvalue weighted by atomic mass is 32.2. The molecule has 0 saturated carbocycles. The number of nitrogens with zero attached hydrogens (tertiary/aromatic N) is 1. The van der Waals surface area contributed by atoms with Crippen molar-refractivity contribution in [1.82, 2.24) is 0 Å². The van der Waals surface area contributed by atoms with Gasteiger partial charge in [-0.2, -0.15) is 0 Å². The first-order chi connectivity index (χ1) is 11.4. The van der Waals surface area contributed by atoms with Crippen LogP contribution in [0, 0.1) is 24.0 Å². The summed E-state index contributed by atoms with van der Waals surface area (Å²) in [6.07, 6.45) is 0. The number of hydrogen-bond donors (Lipinski definition) is 1. The lowest BCUT2D eigenvalue weighted by Gasteiger charge is -2.10. The van der Waals surface area contributed by atoms with Gasteiger partial charge < -0.3 is 10.1 Å². The maximum atomic E-state index is 12.2. The number of nitro benzene ring substituents is 1. The second-order valence-corrected chi connectivity index (χ2v) is 6.26. The number of aryl methyl sites for hydroxylation is 2. The van der Waals surface area contributed by atoms with Crippen LogP contribution in [0.3, 0.4) is 0 Å². The van der Waals surface area contributed by atoms with Gasteiger partial charge in [0.25, 0.3) is 5.69 Å². The van der Waals surface area contributed by atoms with E-state index in [0.717, 1.165) is 16.0 Å². The average molecular weight is 346 g/mol. The van der Waals surface area contributed by atoms with Gasteiger partial charge in [-0.1, -0.05) is 17.7 Å². The van der Waals surface area contributed by atoms with Gasteiger partial charge in [0.15, 0.2) is 0 Å². The van der Waals surface area contributed by atoms with Crippen molar-refractivity contribution >= 4 is 29.0 Å². The summed E-state index contributed by atoms with van der Waals surface area (Å²) in [7, 11) is 1.45. The molecule has 0 unspecified atom stereocenters. The molecule has 0 aromatic heterocycles. The van der Waals surface area contributed by atoms with Gasteiger partial charge in [0.1, 0.15) is 5.75 Å². The lowest BCUT2D eigenvalue weighted by atomic mass is 10.2. The predicted octanol–water partition coefficient (Wildman–Crippen LogP) is 3.95. The number of benzene rings is 2. The van der Waals surface area contributed by atoms with E-state index in [1.165, 1.54) is 37.1 Å². The Morgan fingerprint density at radius 2 is 2.00 bits per heavy atom. The maximum absolute atomic E-state index is 12.2. The number of thioether (sulfide) groups is 1. The quantitative estimate of drug-likeness (QED) is 0.486. The minimum absolute atomic E-state index is 0.103. The monoisotopic (exact) mass is 346 g/mol. The Bertz CT molecular complexity index is 777. The number of non-ortho nitro benzene ring substituents is 1. The standard InChI is InChI=1S/C17H18N2O4S/c1-11-4-5-12(2)16(8-11)24-10-17(20)18-14-9-13(19(21)22)6-7-15(14)23-3/h4-9H,10H2,1-3H3,(H,18,20). The second kappa shape index (κ2) is 7.83. The van der Waals surface area contributed by atoms with Crippen LogP contribution in [-0.4, -0.2) is 23.7 Å². The number of hydrogen-bond acceptors (Lipinski definition) is 5. The fraction of sp³-hybridized carbons (Fsp3) is 0.235. The molecule has 0 aliphatic heterocycles. The SMILES string of the molecule is COc1ccc([N+](=O)[O-])cc1NC(=O)CSc1cc(C)ccc1C. The molecule has 0 heterocycles. The molecule has 1 amide bonds. The summed E-state index contributed by atoms with van der Waals surface area (Å²) in [5, 5.41) is 13.5. The molecule has 0 fully saturated rings. The second-order valence-electron chi connectivity index (χ2n) is 5.25. The third-order valence-electron chi connectivity index (χ3n) is 3.37. The fourth-order valence-corrected chi connectivity index (χ4v) is 3.02. The molecular weight excluding hydrogens is 328 g/mol. The van der Waals surface area contributed by atoms with Crippen molar-refractivity contribution in [2.75, 3.05) is 18.2 Å². The molecule has 6 nitrogen and oxygen atoms in total. The number of rotatable bonds is 6. The molecule has 0 saturated heterocycles. The molecule has 7 heteroatoms. The Hall–Kier alpha value is -2.54. The van der Waals surface area contributed by atoms with Gasteiger partial charge in [0.2, 0.25) is 5.91 Å². The topological polar surface area (TPSA) is 81.5 Å². The van der Waals surface area contributed by atoms with Crippen LogP contribution in [0.4, 0.5) is 11.4 Å². The number of carbonyl (C=O) groups excluding carboxylic acids is 1. The Morgan fingerprint density at radius 1 is 1.25 bits per heavy atom. The fourth-order valence-electron chi connectivity index (χ4n) is 2.10. The van der Waals surface area contributed by atoms with Gasteiger partial charge >= 0.3 is 0 Å². The summed E-state index contributed by atoms with van der Waals surface area (Å²) < 4.78 is 5.13. The summed E-state index contributed by atoms with van der Waals surface area (Å²) in [5.41, 5.74) is 2.42. The predicted molar refractivity (Wildman–Crippen MR) is 94.9 cm³/mol. The van der Waals surface area contributed by atoms with Crippen LogP contribution in [0.1, 0.15) is 11.1 Å². The van der Waals surface area contributed by atoms with E-state index in [-0.39, 0.29) is 17.3 Å². The summed E-state index contributed by atoms with van der Waals surface area (Å²) in [4.78, 5) is 23.6. The van der Waals surface area contributed by atoms with Crippen molar-refractivity contribution in [3.63, 3.8) is 0 Å². The van der Waals surface area contributed by atoms with E-state index in [4.69, 9.17) is 4.74 Å². The molecule has 2 rings (SSSR count). The lowest BCUT2D eigenvalue weighted by molar-refractivity contribution is -0.384. The van der Waals surface area contributed by atoms with Crippen molar-refractivity contribution < 1.29 is 14.5 Å². The van der Waals surface area contributed by atoms with Crippen LogP contribution in [0.5, 0.6) is 5.75 Å². The highest BCUT2D eigenvalue weighted by Gasteiger charge is 2.14. The van der Waals surface area contributed by atoms with Crippen molar-refractivity contribution in [2.24, 2.45) is 0 Å². The van der Waals surface area contributed by atoms with Crippen LogP contribution < -0.4 is 10.1 Å². The van der Waals surface area contributed by atoms with Crippen LogP contribution in [0.25, 0.3) is 0 Å². The third kappa shape index (κ3) is 4.48. The van der Waals surface area contributed by atoms with Crippen LogP contribution in [0.15, 0.2) is 41.3 Å². The molecule has 24 heavy (non-hydrogen) atoms. The van der Waals surface area contributed by atoms with Gasteiger partial charge in [0.05, 0.1) is 23.5 Å². The molecule has 0 spiro atoms. The molecule has 126 valence electrons. The molecular formula is C17H18N2O4S. The van der Waals surface area contributed by atoms with E-state index in [0.29, 0.717) is 11.4 Å². The molecule has 0 radical (unpaired) electrons. The molecule has 2 aromatic carbocycles. The zero-order valence-corrected chi connectivity index (χ0v) is 14.5. The highest BCUT2D eigenvalue weighted by molar-refractivity contribution is 8.00. The maximum Gasteiger partial charge on any atom is 0.271 e. The third-order valence-corrected chi connectivity index (χ3v) is 4.53. The summed E-state index contributed by atoms with van der Waals surface area (Å²) >= 11 is 1.43. The smallest absolute Gasteiger partial charge is 0.271 e. The van der Waals surface area contributed by atoms with Crippen LogP contribution in [0.2, 0.25) is 0 Å². The van der Waals surface area contributed by atoms with Crippen molar-refractivity contribution in [1.29, 1.82) is 0 Å². The molecule has 1 N–H and O–H groups in total. The van der Waals surface area contributed by atoms with Gasteiger partial charge in [-0.05, 0) is 31.5 Å². The van der Waals surface area contributed by atoms with E-state index in [2.05, 4.69) is 5.32 Å². The summed E-state index contributed by atoms with van der Waals surface area (Å²) in [6, 6.07) is 10.2. The number of anilines is 1.